The number of ether oxygens (including phenoxy) is 2. The minimum absolute atomic E-state index is 0.0106. The number of carbonyl (C=O) groups excluding carboxylic acids is 1. The van der Waals surface area contributed by atoms with Gasteiger partial charge in [-0.1, -0.05) is 53.8 Å². The molecule has 3 aromatic carbocycles. The summed E-state index contributed by atoms with van der Waals surface area (Å²) >= 11 is 1.22. The summed E-state index contributed by atoms with van der Waals surface area (Å²) in [5.74, 6) is 0.318. The first-order valence-corrected chi connectivity index (χ1v) is 12.5. The van der Waals surface area contributed by atoms with Crippen LogP contribution in [0.3, 0.4) is 0 Å². The number of hydrogen-bond donors (Lipinski definition) is 2. The van der Waals surface area contributed by atoms with E-state index in [-0.39, 0.29) is 16.1 Å². The summed E-state index contributed by atoms with van der Waals surface area (Å²) in [7, 11) is -4.00. The van der Waals surface area contributed by atoms with Crippen LogP contribution in [-0.2, 0) is 10.0 Å². The molecule has 34 heavy (non-hydrogen) atoms. The zero-order chi connectivity index (χ0) is 23.5. The number of fused-ring (bicyclic) bond motifs is 1. The molecule has 172 valence electrons. The zero-order valence-corrected chi connectivity index (χ0v) is 19.2. The predicted molar refractivity (Wildman–Crippen MR) is 128 cm³/mol. The van der Waals surface area contributed by atoms with Gasteiger partial charge in [-0.2, -0.15) is 0 Å². The average Bonchev–Trinajstić information content (AvgIpc) is 3.33. The number of aromatic nitrogens is 2. The van der Waals surface area contributed by atoms with Crippen LogP contribution in [0.15, 0.2) is 77.7 Å². The Labute approximate surface area is 199 Å². The molecule has 0 unspecified atom stereocenters. The largest absolute Gasteiger partial charge is 0.486 e. The highest BCUT2D eigenvalue weighted by Gasteiger charge is 2.22. The number of sulfonamides is 1. The quantitative estimate of drug-likeness (QED) is 0.415. The summed E-state index contributed by atoms with van der Waals surface area (Å²) in [4.78, 5) is 12.9. The van der Waals surface area contributed by atoms with Gasteiger partial charge in [-0.3, -0.25) is 14.8 Å². The molecule has 0 aliphatic carbocycles. The summed E-state index contributed by atoms with van der Waals surface area (Å²) < 4.78 is 39.5. The van der Waals surface area contributed by atoms with Gasteiger partial charge in [-0.05, 0) is 24.3 Å². The highest BCUT2D eigenvalue weighted by Crippen LogP contribution is 2.33. The summed E-state index contributed by atoms with van der Waals surface area (Å²) in [6.45, 7) is 0.742. The fraction of sp³-hybridized carbons (Fsp3) is 0.0870. The van der Waals surface area contributed by atoms with E-state index in [0.717, 1.165) is 5.56 Å². The highest BCUT2D eigenvalue weighted by molar-refractivity contribution is 7.92. The Balaban J connectivity index is 1.36. The van der Waals surface area contributed by atoms with Crippen LogP contribution < -0.4 is 19.5 Å². The summed E-state index contributed by atoms with van der Waals surface area (Å²) in [6.07, 6.45) is 0. The monoisotopic (exact) mass is 494 g/mol. The van der Waals surface area contributed by atoms with Crippen LogP contribution in [0, 0.1) is 0 Å². The summed E-state index contributed by atoms with van der Waals surface area (Å²) in [5.41, 5.74) is 1.15. The van der Waals surface area contributed by atoms with E-state index in [9.17, 15) is 13.2 Å². The van der Waals surface area contributed by atoms with Crippen molar-refractivity contribution in [2.75, 3.05) is 23.3 Å². The first kappa shape index (κ1) is 21.9. The van der Waals surface area contributed by atoms with Crippen molar-refractivity contribution < 1.29 is 22.7 Å². The van der Waals surface area contributed by atoms with E-state index in [1.54, 1.807) is 18.2 Å². The Bertz CT molecular complexity index is 1460. The molecular formula is C23H18N4O5S2. The van der Waals surface area contributed by atoms with Crippen molar-refractivity contribution in [3.05, 3.63) is 78.4 Å². The van der Waals surface area contributed by atoms with E-state index in [2.05, 4.69) is 20.2 Å². The second kappa shape index (κ2) is 9.12. The molecule has 1 aliphatic heterocycles. The summed E-state index contributed by atoms with van der Waals surface area (Å²) in [6, 6.07) is 20.1. The maximum atomic E-state index is 13.0. The van der Waals surface area contributed by atoms with Gasteiger partial charge in [0.1, 0.15) is 18.2 Å². The number of para-hydroxylation sites is 1. The van der Waals surface area contributed by atoms with Gasteiger partial charge in [-0.25, -0.2) is 8.42 Å². The molecule has 0 saturated carbocycles. The molecule has 11 heteroatoms. The van der Waals surface area contributed by atoms with E-state index < -0.39 is 15.9 Å². The minimum atomic E-state index is -4.00. The number of nitrogens with one attached hydrogen (secondary N) is 2. The van der Waals surface area contributed by atoms with Crippen molar-refractivity contribution in [3.63, 3.8) is 0 Å². The molecule has 4 aromatic rings. The number of rotatable bonds is 6. The second-order valence-corrected chi connectivity index (χ2v) is 9.85. The highest BCUT2D eigenvalue weighted by atomic mass is 32.2. The van der Waals surface area contributed by atoms with Gasteiger partial charge in [0.2, 0.25) is 5.13 Å². The average molecular weight is 495 g/mol. The Kier molecular flexibility index (Phi) is 5.86. The van der Waals surface area contributed by atoms with E-state index in [1.165, 1.54) is 35.6 Å². The molecule has 0 bridgehead atoms. The fourth-order valence-corrected chi connectivity index (χ4v) is 5.14. The maximum absolute atomic E-state index is 13.0. The van der Waals surface area contributed by atoms with Crippen LogP contribution in [-0.4, -0.2) is 37.7 Å². The van der Waals surface area contributed by atoms with Crippen LogP contribution >= 0.6 is 11.3 Å². The third-order valence-electron chi connectivity index (χ3n) is 4.91. The Hall–Kier alpha value is -3.96. The van der Waals surface area contributed by atoms with Crippen molar-refractivity contribution in [2.24, 2.45) is 0 Å². The predicted octanol–water partition coefficient (Wildman–Crippen LogP) is 4.03. The van der Waals surface area contributed by atoms with Crippen LogP contribution in [0.4, 0.5) is 10.8 Å². The molecule has 2 N–H and O–H groups in total. The van der Waals surface area contributed by atoms with E-state index in [4.69, 9.17) is 9.47 Å². The van der Waals surface area contributed by atoms with Crippen LogP contribution in [0.2, 0.25) is 0 Å². The molecule has 0 fully saturated rings. The molecule has 1 aromatic heterocycles. The van der Waals surface area contributed by atoms with Crippen molar-refractivity contribution in [3.8, 4) is 22.1 Å². The van der Waals surface area contributed by atoms with Crippen molar-refractivity contribution in [2.45, 2.75) is 4.90 Å². The topological polar surface area (TPSA) is 120 Å². The SMILES string of the molecule is O=C(Nc1nnc(-c2ccccc2)s1)c1ccccc1NS(=O)(=O)c1ccc2c(c1)OCCO2. The van der Waals surface area contributed by atoms with Crippen molar-refractivity contribution in [1.82, 2.24) is 10.2 Å². The Morgan fingerprint density at radius 2 is 1.62 bits per heavy atom. The number of nitrogens with zero attached hydrogens (tertiary/aromatic N) is 2. The maximum Gasteiger partial charge on any atom is 0.262 e. The Morgan fingerprint density at radius 3 is 2.44 bits per heavy atom. The zero-order valence-electron chi connectivity index (χ0n) is 17.6. The molecule has 5 rings (SSSR count). The molecule has 0 radical (unpaired) electrons. The van der Waals surface area contributed by atoms with Gasteiger partial charge >= 0.3 is 0 Å². The molecule has 0 spiro atoms. The molecule has 0 atom stereocenters. The van der Waals surface area contributed by atoms with Gasteiger partial charge in [0, 0.05) is 11.6 Å². The lowest BCUT2D eigenvalue weighted by molar-refractivity contribution is 0.102. The van der Waals surface area contributed by atoms with Gasteiger partial charge in [-0.15, -0.1) is 10.2 Å². The molecule has 0 saturated heterocycles. The Morgan fingerprint density at radius 1 is 0.882 bits per heavy atom. The van der Waals surface area contributed by atoms with E-state index in [0.29, 0.717) is 34.9 Å². The fourth-order valence-electron chi connectivity index (χ4n) is 3.30. The van der Waals surface area contributed by atoms with Crippen LogP contribution in [0.1, 0.15) is 10.4 Å². The number of anilines is 2. The third-order valence-corrected chi connectivity index (χ3v) is 7.16. The smallest absolute Gasteiger partial charge is 0.262 e. The van der Waals surface area contributed by atoms with Gasteiger partial charge in [0.25, 0.3) is 15.9 Å². The molecule has 9 nitrogen and oxygen atoms in total. The molecule has 2 heterocycles. The van der Waals surface area contributed by atoms with Gasteiger partial charge < -0.3 is 9.47 Å². The minimum Gasteiger partial charge on any atom is -0.486 e. The van der Waals surface area contributed by atoms with Gasteiger partial charge in [0.05, 0.1) is 16.1 Å². The number of amides is 1. The lowest BCUT2D eigenvalue weighted by Gasteiger charge is -2.19. The standard InChI is InChI=1S/C23H18N4O5S2/c28-21(24-23-26-25-22(33-23)15-6-2-1-3-7-15)17-8-4-5-9-18(17)27-34(29,30)16-10-11-19-20(14-16)32-13-12-31-19/h1-11,14,27H,12-13H2,(H,24,26,28). The van der Waals surface area contributed by atoms with E-state index >= 15 is 0 Å². The summed E-state index contributed by atoms with van der Waals surface area (Å²) in [5, 5.41) is 11.8. The first-order chi connectivity index (χ1) is 16.5. The lowest BCUT2D eigenvalue weighted by Crippen LogP contribution is -2.19. The number of benzene rings is 3. The number of carbonyl (C=O) groups is 1. The molecular weight excluding hydrogens is 476 g/mol. The number of hydrogen-bond acceptors (Lipinski definition) is 8. The second-order valence-electron chi connectivity index (χ2n) is 7.19. The van der Waals surface area contributed by atoms with Crippen molar-refractivity contribution >= 4 is 38.1 Å². The van der Waals surface area contributed by atoms with Crippen LogP contribution in [0.25, 0.3) is 10.6 Å². The van der Waals surface area contributed by atoms with E-state index in [1.807, 2.05) is 30.3 Å². The molecule has 1 aliphatic rings. The first-order valence-electron chi connectivity index (χ1n) is 10.2. The lowest BCUT2D eigenvalue weighted by atomic mass is 10.2. The normalized spacial score (nSPS) is 12.7. The molecule has 1 amide bonds. The van der Waals surface area contributed by atoms with Crippen LogP contribution in [0.5, 0.6) is 11.5 Å². The van der Waals surface area contributed by atoms with Crippen molar-refractivity contribution in [1.29, 1.82) is 0 Å². The third kappa shape index (κ3) is 4.56. The van der Waals surface area contributed by atoms with Gasteiger partial charge in [0.15, 0.2) is 11.5 Å².